The molecule has 1 fully saturated rings. The van der Waals surface area contributed by atoms with E-state index in [1.807, 2.05) is 37.3 Å². The number of nitrogens with one attached hydrogen (secondary N) is 1. The molecule has 1 saturated heterocycles. The van der Waals surface area contributed by atoms with E-state index in [1.54, 1.807) is 20.8 Å². The second-order valence-electron chi connectivity index (χ2n) is 10.8. The predicted molar refractivity (Wildman–Crippen MR) is 162 cm³/mol. The maximum Gasteiger partial charge on any atom is 0.316 e. The molecule has 0 aliphatic carbocycles. The molecule has 248 valence electrons. The van der Waals surface area contributed by atoms with Crippen LogP contribution in [0.3, 0.4) is 0 Å². The van der Waals surface area contributed by atoms with Gasteiger partial charge in [-0.05, 0) is 25.3 Å². The lowest BCUT2D eigenvalue weighted by Crippen LogP contribution is -2.43. The summed E-state index contributed by atoms with van der Waals surface area (Å²) in [4.78, 5) is 67.9. The second-order valence-corrected chi connectivity index (χ2v) is 10.8. The fraction of sp³-hybridized carbons (Fsp3) is 0.455. The minimum Gasteiger partial charge on any atom is -0.493 e. The van der Waals surface area contributed by atoms with Gasteiger partial charge in [0.25, 0.3) is 5.91 Å². The van der Waals surface area contributed by atoms with Crippen molar-refractivity contribution in [2.75, 3.05) is 20.5 Å². The van der Waals surface area contributed by atoms with E-state index in [2.05, 4.69) is 10.3 Å². The van der Waals surface area contributed by atoms with Crippen molar-refractivity contribution in [1.82, 2.24) is 10.3 Å². The van der Waals surface area contributed by atoms with E-state index >= 15 is 0 Å². The third kappa shape index (κ3) is 10.0. The lowest BCUT2D eigenvalue weighted by Gasteiger charge is -2.29. The Labute approximate surface area is 267 Å². The zero-order chi connectivity index (χ0) is 33.6. The summed E-state index contributed by atoms with van der Waals surface area (Å²) in [6, 6.07) is 10.6. The molecule has 0 radical (unpaired) electrons. The topological polar surface area (TPSA) is 166 Å². The Morgan fingerprint density at radius 2 is 1.85 bits per heavy atom. The van der Waals surface area contributed by atoms with E-state index in [0.717, 1.165) is 5.56 Å². The Morgan fingerprint density at radius 3 is 2.52 bits per heavy atom. The highest BCUT2D eigenvalue weighted by Gasteiger charge is 2.41. The van der Waals surface area contributed by atoms with Crippen LogP contribution in [0.2, 0.25) is 0 Å². The van der Waals surface area contributed by atoms with Crippen molar-refractivity contribution in [2.24, 2.45) is 17.8 Å². The molecule has 1 N–H and O–H groups in total. The van der Waals surface area contributed by atoms with Gasteiger partial charge in [-0.3, -0.25) is 24.0 Å². The van der Waals surface area contributed by atoms with E-state index in [-0.39, 0.29) is 36.6 Å². The van der Waals surface area contributed by atoms with Crippen molar-refractivity contribution >= 4 is 29.8 Å². The molecule has 13 nitrogen and oxygen atoms in total. The molecule has 2 heterocycles. The smallest absolute Gasteiger partial charge is 0.316 e. The van der Waals surface area contributed by atoms with Crippen LogP contribution in [0.15, 0.2) is 54.9 Å². The summed E-state index contributed by atoms with van der Waals surface area (Å²) in [7, 11) is 1.37. The van der Waals surface area contributed by atoms with Gasteiger partial charge in [0.15, 0.2) is 23.3 Å². The van der Waals surface area contributed by atoms with Crippen LogP contribution < -0.4 is 14.8 Å². The molecule has 0 bridgehead atoms. The van der Waals surface area contributed by atoms with Crippen LogP contribution in [0.1, 0.15) is 56.6 Å². The van der Waals surface area contributed by atoms with Crippen LogP contribution in [0.25, 0.3) is 0 Å². The molecule has 1 aliphatic heterocycles. The molecule has 1 aliphatic rings. The molecule has 1 amide bonds. The summed E-state index contributed by atoms with van der Waals surface area (Å²) in [5.41, 5.74) is 0.631. The first-order valence-corrected chi connectivity index (χ1v) is 15.0. The van der Waals surface area contributed by atoms with Crippen LogP contribution in [0.5, 0.6) is 11.5 Å². The highest BCUT2D eigenvalue weighted by molar-refractivity contribution is 5.96. The van der Waals surface area contributed by atoms with Crippen molar-refractivity contribution in [1.29, 1.82) is 0 Å². The Kier molecular flexibility index (Phi) is 13.5. The SMILES string of the molecule is CCCC(=O)OCOc1c(OC)ccnc1C(=O)N/C=C/C1COC(=O)C(Cc2ccccc2)[C@@H](OC(=O)C(C)C)[C@H](C)OC1=O. The zero-order valence-corrected chi connectivity index (χ0v) is 26.6. The molecular weight excluding hydrogens is 600 g/mol. The van der Waals surface area contributed by atoms with Gasteiger partial charge in [-0.1, -0.05) is 57.2 Å². The van der Waals surface area contributed by atoms with Crippen molar-refractivity contribution in [3.05, 3.63) is 66.1 Å². The van der Waals surface area contributed by atoms with E-state index in [9.17, 15) is 24.0 Å². The van der Waals surface area contributed by atoms with Gasteiger partial charge in [-0.15, -0.1) is 0 Å². The maximum absolute atomic E-state index is 13.4. The van der Waals surface area contributed by atoms with Crippen molar-refractivity contribution in [3.8, 4) is 11.5 Å². The molecule has 1 aromatic heterocycles. The summed E-state index contributed by atoms with van der Waals surface area (Å²) < 4.78 is 32.7. The average molecular weight is 641 g/mol. The largest absolute Gasteiger partial charge is 0.493 e. The third-order valence-electron chi connectivity index (χ3n) is 6.92. The maximum atomic E-state index is 13.4. The quantitative estimate of drug-likeness (QED) is 0.193. The average Bonchev–Trinajstić information content (AvgIpc) is 3.07. The number of amides is 1. The zero-order valence-electron chi connectivity index (χ0n) is 26.6. The van der Waals surface area contributed by atoms with Crippen molar-refractivity contribution in [3.63, 3.8) is 0 Å². The first kappa shape index (κ1) is 35.5. The van der Waals surface area contributed by atoms with Gasteiger partial charge in [0.2, 0.25) is 6.79 Å². The molecule has 13 heteroatoms. The van der Waals surface area contributed by atoms with Crippen LogP contribution >= 0.6 is 0 Å². The number of methoxy groups -OCH3 is 1. The van der Waals surface area contributed by atoms with Gasteiger partial charge in [-0.25, -0.2) is 4.98 Å². The van der Waals surface area contributed by atoms with Gasteiger partial charge in [0.05, 0.1) is 13.0 Å². The molecular formula is C33H40N2O11. The summed E-state index contributed by atoms with van der Waals surface area (Å²) >= 11 is 0. The number of rotatable bonds is 13. The third-order valence-corrected chi connectivity index (χ3v) is 6.92. The van der Waals surface area contributed by atoms with Gasteiger partial charge in [0, 0.05) is 24.9 Å². The summed E-state index contributed by atoms with van der Waals surface area (Å²) in [5, 5.41) is 2.50. The highest BCUT2D eigenvalue weighted by Crippen LogP contribution is 2.30. The summed E-state index contributed by atoms with van der Waals surface area (Å²) in [6.45, 7) is 5.84. The number of benzene rings is 1. The van der Waals surface area contributed by atoms with Gasteiger partial charge >= 0.3 is 23.9 Å². The Bertz CT molecular complexity index is 1390. The first-order chi connectivity index (χ1) is 22.0. The molecule has 3 rings (SSSR count). The lowest BCUT2D eigenvalue weighted by atomic mass is 9.91. The fourth-order valence-electron chi connectivity index (χ4n) is 4.43. The number of cyclic esters (lactones) is 2. The summed E-state index contributed by atoms with van der Waals surface area (Å²) in [6.07, 6.45) is 2.72. The van der Waals surface area contributed by atoms with E-state index in [4.69, 9.17) is 28.4 Å². The molecule has 2 aromatic rings. The van der Waals surface area contributed by atoms with Crippen LogP contribution in [0, 0.1) is 17.8 Å². The predicted octanol–water partition coefficient (Wildman–Crippen LogP) is 3.54. The Balaban J connectivity index is 1.77. The van der Waals surface area contributed by atoms with Gasteiger partial charge in [0.1, 0.15) is 24.5 Å². The molecule has 46 heavy (non-hydrogen) atoms. The number of hydrogen-bond acceptors (Lipinski definition) is 12. The molecule has 2 unspecified atom stereocenters. The summed E-state index contributed by atoms with van der Waals surface area (Å²) in [5.74, 6) is -5.58. The van der Waals surface area contributed by atoms with Crippen molar-refractivity contribution < 1.29 is 52.4 Å². The monoisotopic (exact) mass is 640 g/mol. The standard InChI is InChI=1S/C33H40N2O11/c1-6-10-26(36)43-19-44-29-25(41-5)14-16-34-27(29)30(37)35-15-13-23-18-42-33(40)24(17-22-11-8-7-9-12-22)28(21(4)45-32(23)39)46-31(38)20(2)3/h7-9,11-16,20-21,23-24,28H,6,10,17-19H2,1-5H3,(H,35,37)/b15-13+/t21-,23?,24?,28-/m0/s1. The second kappa shape index (κ2) is 17.5. The molecule has 4 atom stereocenters. The number of pyridine rings is 1. The number of nitrogens with zero attached hydrogens (tertiary/aromatic N) is 1. The Morgan fingerprint density at radius 1 is 1.11 bits per heavy atom. The van der Waals surface area contributed by atoms with Crippen LogP contribution in [0.4, 0.5) is 0 Å². The number of ether oxygens (including phenoxy) is 6. The minimum atomic E-state index is -1.10. The van der Waals surface area contributed by atoms with Gasteiger partial charge < -0.3 is 33.7 Å². The van der Waals surface area contributed by atoms with E-state index in [1.165, 1.54) is 31.6 Å². The Hall–Kier alpha value is -4.94. The molecule has 0 spiro atoms. The fourth-order valence-corrected chi connectivity index (χ4v) is 4.43. The number of hydrogen-bond donors (Lipinski definition) is 1. The lowest BCUT2D eigenvalue weighted by molar-refractivity contribution is -0.176. The van der Waals surface area contributed by atoms with Crippen LogP contribution in [-0.4, -0.2) is 67.5 Å². The van der Waals surface area contributed by atoms with E-state index in [0.29, 0.717) is 6.42 Å². The van der Waals surface area contributed by atoms with Crippen molar-refractivity contribution in [2.45, 2.75) is 59.2 Å². The number of aromatic nitrogens is 1. The minimum absolute atomic E-state index is 0.0590. The first-order valence-electron chi connectivity index (χ1n) is 15.0. The van der Waals surface area contributed by atoms with E-state index < -0.39 is 66.5 Å². The van der Waals surface area contributed by atoms with Gasteiger partial charge in [-0.2, -0.15) is 0 Å². The molecule has 0 saturated carbocycles. The number of esters is 4. The molecule has 1 aromatic carbocycles. The van der Waals surface area contributed by atoms with Crippen LogP contribution in [-0.2, 0) is 44.5 Å². The normalized spacial score (nSPS) is 20.0. The highest BCUT2D eigenvalue weighted by atomic mass is 16.7. The number of carbonyl (C=O) groups excluding carboxylic acids is 5. The number of carbonyl (C=O) groups is 5.